The third kappa shape index (κ3) is 6.08. The zero-order valence-corrected chi connectivity index (χ0v) is 12.8. The number of hydrogen-bond donors (Lipinski definition) is 2. The Balaban J connectivity index is 2.32. The molecule has 1 unspecified atom stereocenters. The molecule has 0 radical (unpaired) electrons. The highest BCUT2D eigenvalue weighted by molar-refractivity contribution is 8.01. The van der Waals surface area contributed by atoms with Crippen molar-refractivity contribution in [2.45, 2.75) is 26.0 Å². The number of aryl methyl sites for hydroxylation is 1. The maximum Gasteiger partial charge on any atom is 0.256 e. The maximum absolute atomic E-state index is 11.7. The van der Waals surface area contributed by atoms with Crippen molar-refractivity contribution in [3.63, 3.8) is 0 Å². The first-order valence-electron chi connectivity index (χ1n) is 6.42. The number of anilines is 1. The lowest BCUT2D eigenvalue weighted by molar-refractivity contribution is -0.132. The van der Waals surface area contributed by atoms with Crippen LogP contribution in [-0.4, -0.2) is 29.4 Å². The van der Waals surface area contributed by atoms with E-state index in [-0.39, 0.29) is 22.8 Å². The van der Waals surface area contributed by atoms with Crippen LogP contribution in [0.3, 0.4) is 0 Å². The van der Waals surface area contributed by atoms with Gasteiger partial charge < -0.3 is 5.32 Å². The standard InChI is InChI=1S/C14H20N2O3S/c1-4-19-16-14(18)11(3)20-9-13(17)15-12-7-5-10(2)6-8-12/h5-8,11H,4,9H2,1-3H3,(H,15,17)(H,16,18). The van der Waals surface area contributed by atoms with E-state index in [0.29, 0.717) is 6.61 Å². The van der Waals surface area contributed by atoms with Gasteiger partial charge in [-0.05, 0) is 32.9 Å². The second kappa shape index (κ2) is 8.60. The van der Waals surface area contributed by atoms with Gasteiger partial charge in [-0.2, -0.15) is 0 Å². The Kier molecular flexibility index (Phi) is 7.11. The summed E-state index contributed by atoms with van der Waals surface area (Å²) in [5.41, 5.74) is 4.21. The number of carbonyl (C=O) groups excluding carboxylic acids is 2. The quantitative estimate of drug-likeness (QED) is 0.756. The molecule has 0 aliphatic carbocycles. The summed E-state index contributed by atoms with van der Waals surface area (Å²) in [4.78, 5) is 28.1. The molecule has 20 heavy (non-hydrogen) atoms. The minimum atomic E-state index is -0.342. The van der Waals surface area contributed by atoms with E-state index < -0.39 is 0 Å². The van der Waals surface area contributed by atoms with Crippen LogP contribution < -0.4 is 10.8 Å². The number of hydroxylamine groups is 1. The minimum absolute atomic E-state index is 0.130. The molecular weight excluding hydrogens is 276 g/mol. The van der Waals surface area contributed by atoms with Crippen LogP contribution in [0.15, 0.2) is 24.3 Å². The smallest absolute Gasteiger partial charge is 0.256 e. The first-order valence-corrected chi connectivity index (χ1v) is 7.47. The molecule has 0 saturated carbocycles. The number of nitrogens with one attached hydrogen (secondary N) is 2. The summed E-state index contributed by atoms with van der Waals surface area (Å²) < 4.78 is 0. The molecule has 1 rings (SSSR count). The third-order valence-corrected chi connectivity index (χ3v) is 3.63. The van der Waals surface area contributed by atoms with E-state index in [4.69, 9.17) is 4.84 Å². The van der Waals surface area contributed by atoms with Gasteiger partial charge in [0, 0.05) is 5.69 Å². The van der Waals surface area contributed by atoms with Gasteiger partial charge in [0.1, 0.15) is 0 Å². The molecule has 0 aliphatic heterocycles. The van der Waals surface area contributed by atoms with Crippen LogP contribution in [0, 0.1) is 6.92 Å². The number of thioether (sulfide) groups is 1. The normalized spacial score (nSPS) is 11.8. The fourth-order valence-corrected chi connectivity index (χ4v) is 2.01. The van der Waals surface area contributed by atoms with Crippen LogP contribution in [-0.2, 0) is 14.4 Å². The first-order chi connectivity index (χ1) is 9.52. The number of hydrogen-bond acceptors (Lipinski definition) is 4. The van der Waals surface area contributed by atoms with Crippen molar-refractivity contribution in [1.82, 2.24) is 5.48 Å². The lowest BCUT2D eigenvalue weighted by Gasteiger charge is -2.11. The Morgan fingerprint density at radius 2 is 1.95 bits per heavy atom. The Morgan fingerprint density at radius 1 is 1.30 bits per heavy atom. The largest absolute Gasteiger partial charge is 0.325 e. The molecule has 1 aromatic carbocycles. The van der Waals surface area contributed by atoms with Gasteiger partial charge in [-0.15, -0.1) is 11.8 Å². The molecule has 0 fully saturated rings. The van der Waals surface area contributed by atoms with Gasteiger partial charge >= 0.3 is 0 Å². The minimum Gasteiger partial charge on any atom is -0.325 e. The summed E-state index contributed by atoms with van der Waals surface area (Å²) in [6.45, 7) is 5.92. The zero-order chi connectivity index (χ0) is 15.0. The predicted molar refractivity (Wildman–Crippen MR) is 81.5 cm³/mol. The number of amides is 2. The fourth-order valence-electron chi connectivity index (χ4n) is 1.34. The van der Waals surface area contributed by atoms with Crippen LogP contribution in [0.4, 0.5) is 5.69 Å². The molecule has 6 heteroatoms. The second-order valence-corrected chi connectivity index (χ2v) is 5.60. The van der Waals surface area contributed by atoms with Crippen LogP contribution in [0.1, 0.15) is 19.4 Å². The highest BCUT2D eigenvalue weighted by Gasteiger charge is 2.15. The molecule has 2 amide bonds. The first kappa shape index (κ1) is 16.5. The van der Waals surface area contributed by atoms with Gasteiger partial charge in [0.25, 0.3) is 5.91 Å². The molecule has 1 atom stereocenters. The lowest BCUT2D eigenvalue weighted by Crippen LogP contribution is -2.32. The molecule has 0 saturated heterocycles. The Labute approximate surface area is 123 Å². The van der Waals surface area contributed by atoms with Crippen molar-refractivity contribution >= 4 is 29.3 Å². The van der Waals surface area contributed by atoms with Gasteiger partial charge in [-0.1, -0.05) is 17.7 Å². The Morgan fingerprint density at radius 3 is 2.55 bits per heavy atom. The molecule has 0 aliphatic rings. The molecule has 0 heterocycles. The van der Waals surface area contributed by atoms with Crippen molar-refractivity contribution in [2.75, 3.05) is 17.7 Å². The van der Waals surface area contributed by atoms with Crippen LogP contribution >= 0.6 is 11.8 Å². The van der Waals surface area contributed by atoms with Crippen molar-refractivity contribution in [2.24, 2.45) is 0 Å². The summed E-state index contributed by atoms with van der Waals surface area (Å²) in [7, 11) is 0. The Hall–Kier alpha value is -1.53. The van der Waals surface area contributed by atoms with Gasteiger partial charge in [0.15, 0.2) is 0 Å². The second-order valence-electron chi connectivity index (χ2n) is 4.27. The van der Waals surface area contributed by atoms with Crippen LogP contribution in [0.5, 0.6) is 0 Å². The van der Waals surface area contributed by atoms with Crippen molar-refractivity contribution in [1.29, 1.82) is 0 Å². The molecule has 0 spiro atoms. The molecule has 2 N–H and O–H groups in total. The van der Waals surface area contributed by atoms with Gasteiger partial charge in [0.05, 0.1) is 17.6 Å². The third-order valence-electron chi connectivity index (χ3n) is 2.49. The summed E-state index contributed by atoms with van der Waals surface area (Å²) in [6, 6.07) is 7.56. The average Bonchev–Trinajstić information content (AvgIpc) is 2.44. The average molecular weight is 296 g/mol. The zero-order valence-electron chi connectivity index (χ0n) is 11.9. The van der Waals surface area contributed by atoms with E-state index in [1.165, 1.54) is 11.8 Å². The summed E-state index contributed by atoms with van der Waals surface area (Å²) in [6.07, 6.45) is 0. The molecular formula is C14H20N2O3S. The van der Waals surface area contributed by atoms with Crippen molar-refractivity contribution in [3.05, 3.63) is 29.8 Å². The maximum atomic E-state index is 11.7. The summed E-state index contributed by atoms with van der Waals surface area (Å²) in [5, 5.41) is 2.44. The highest BCUT2D eigenvalue weighted by Crippen LogP contribution is 2.13. The summed E-state index contributed by atoms with van der Waals surface area (Å²) in [5.74, 6) is -0.149. The molecule has 1 aromatic rings. The molecule has 0 aromatic heterocycles. The summed E-state index contributed by atoms with van der Waals surface area (Å²) >= 11 is 1.26. The van der Waals surface area contributed by atoms with Gasteiger partial charge in [-0.3, -0.25) is 14.4 Å². The molecule has 5 nitrogen and oxygen atoms in total. The van der Waals surface area contributed by atoms with Crippen molar-refractivity contribution < 1.29 is 14.4 Å². The van der Waals surface area contributed by atoms with E-state index in [1.54, 1.807) is 13.8 Å². The van der Waals surface area contributed by atoms with Crippen molar-refractivity contribution in [3.8, 4) is 0 Å². The van der Waals surface area contributed by atoms with E-state index in [9.17, 15) is 9.59 Å². The highest BCUT2D eigenvalue weighted by atomic mass is 32.2. The molecule has 0 bridgehead atoms. The van der Waals surface area contributed by atoms with Crippen LogP contribution in [0.25, 0.3) is 0 Å². The van der Waals surface area contributed by atoms with E-state index >= 15 is 0 Å². The fraction of sp³-hybridized carbons (Fsp3) is 0.429. The van der Waals surface area contributed by atoms with E-state index in [1.807, 2.05) is 31.2 Å². The Bertz CT molecular complexity index is 448. The monoisotopic (exact) mass is 296 g/mol. The SMILES string of the molecule is CCONC(=O)C(C)SCC(=O)Nc1ccc(C)cc1. The van der Waals surface area contributed by atoms with E-state index in [2.05, 4.69) is 10.8 Å². The number of rotatable bonds is 7. The van der Waals surface area contributed by atoms with Gasteiger partial charge in [0.2, 0.25) is 5.91 Å². The number of benzene rings is 1. The number of carbonyl (C=O) groups is 2. The lowest BCUT2D eigenvalue weighted by atomic mass is 10.2. The van der Waals surface area contributed by atoms with Gasteiger partial charge in [-0.25, -0.2) is 5.48 Å². The predicted octanol–water partition coefficient (Wildman–Crippen LogP) is 2.12. The molecule has 110 valence electrons. The van der Waals surface area contributed by atoms with E-state index in [0.717, 1.165) is 11.3 Å². The van der Waals surface area contributed by atoms with Crippen LogP contribution in [0.2, 0.25) is 0 Å². The topological polar surface area (TPSA) is 67.4 Å².